The molecule has 1 aliphatic heterocycles. The zero-order chi connectivity index (χ0) is 21.7. The summed E-state index contributed by atoms with van der Waals surface area (Å²) >= 11 is 0. The van der Waals surface area contributed by atoms with Crippen LogP contribution < -0.4 is 9.64 Å². The predicted molar refractivity (Wildman–Crippen MR) is 110 cm³/mol. The quantitative estimate of drug-likeness (QED) is 0.611. The van der Waals surface area contributed by atoms with Gasteiger partial charge in [0.25, 0.3) is 0 Å². The Balaban J connectivity index is 1.57. The van der Waals surface area contributed by atoms with Crippen molar-refractivity contribution in [2.75, 3.05) is 43.4 Å². The fourth-order valence-electron chi connectivity index (χ4n) is 3.00. The van der Waals surface area contributed by atoms with E-state index in [4.69, 9.17) is 4.74 Å². The third kappa shape index (κ3) is 5.65. The monoisotopic (exact) mass is 436 g/mol. The highest BCUT2D eigenvalue weighted by Gasteiger charge is 2.27. The van der Waals surface area contributed by atoms with Gasteiger partial charge in [-0.1, -0.05) is 13.8 Å². The highest BCUT2D eigenvalue weighted by atomic mass is 32.2. The highest BCUT2D eigenvalue weighted by molar-refractivity contribution is 7.92. The van der Waals surface area contributed by atoms with Crippen molar-refractivity contribution < 1.29 is 22.3 Å². The number of hydrogen-bond donors (Lipinski definition) is 0. The van der Waals surface area contributed by atoms with Gasteiger partial charge in [-0.05, 0) is 30.2 Å². The number of carbonyl (C=O) groups is 1. The largest absolute Gasteiger partial charge is 0.477 e. The summed E-state index contributed by atoms with van der Waals surface area (Å²) < 4.78 is 43.5. The molecule has 2 heterocycles. The van der Waals surface area contributed by atoms with E-state index in [-0.39, 0.29) is 4.90 Å². The van der Waals surface area contributed by atoms with Crippen LogP contribution in [0.25, 0.3) is 0 Å². The Labute approximate surface area is 175 Å². The third-order valence-corrected chi connectivity index (χ3v) is 6.25. The van der Waals surface area contributed by atoms with E-state index in [9.17, 15) is 17.6 Å². The number of sulfone groups is 1. The zero-order valence-corrected chi connectivity index (χ0v) is 17.8. The van der Waals surface area contributed by atoms with Crippen LogP contribution in [0.3, 0.4) is 0 Å². The van der Waals surface area contributed by atoms with E-state index >= 15 is 0 Å². The van der Waals surface area contributed by atoms with E-state index in [0.29, 0.717) is 50.4 Å². The highest BCUT2D eigenvalue weighted by Crippen LogP contribution is 2.19. The van der Waals surface area contributed by atoms with E-state index < -0.39 is 27.3 Å². The second kappa shape index (κ2) is 9.38. The minimum absolute atomic E-state index is 0.0641. The lowest BCUT2D eigenvalue weighted by Crippen LogP contribution is -2.50. The fourth-order valence-corrected chi connectivity index (χ4v) is 4.22. The number of nitrogens with zero attached hydrogens (tertiary/aromatic N) is 4. The molecule has 0 saturated carbocycles. The first-order chi connectivity index (χ1) is 14.2. The molecule has 10 heteroatoms. The number of amides is 1. The van der Waals surface area contributed by atoms with Gasteiger partial charge in [0.2, 0.25) is 11.8 Å². The molecule has 1 fully saturated rings. The van der Waals surface area contributed by atoms with Crippen molar-refractivity contribution in [1.82, 2.24) is 14.9 Å². The molecule has 0 N–H and O–H groups in total. The molecule has 0 bridgehead atoms. The lowest BCUT2D eigenvalue weighted by atomic mass is 10.2. The number of rotatable bonds is 7. The number of hydrogen-bond acceptors (Lipinski definition) is 7. The molecule has 8 nitrogen and oxygen atoms in total. The predicted octanol–water partition coefficient (Wildman–Crippen LogP) is 1.77. The third-order valence-electron chi connectivity index (χ3n) is 4.63. The van der Waals surface area contributed by atoms with Crippen LogP contribution in [-0.4, -0.2) is 67.7 Å². The lowest BCUT2D eigenvalue weighted by molar-refractivity contribution is -0.128. The smallest absolute Gasteiger partial charge is 0.238 e. The maximum Gasteiger partial charge on any atom is 0.238 e. The zero-order valence-electron chi connectivity index (χ0n) is 17.0. The summed E-state index contributed by atoms with van der Waals surface area (Å²) in [6.45, 7) is 6.45. The van der Waals surface area contributed by atoms with E-state index in [0.717, 1.165) is 12.1 Å². The molecular weight excluding hydrogens is 411 g/mol. The van der Waals surface area contributed by atoms with Crippen LogP contribution in [0.2, 0.25) is 0 Å². The first kappa shape index (κ1) is 21.9. The lowest BCUT2D eigenvalue weighted by Gasteiger charge is -2.35. The molecule has 0 atom stereocenters. The normalized spacial score (nSPS) is 14.8. The second-order valence-corrected chi connectivity index (χ2v) is 9.49. The van der Waals surface area contributed by atoms with Crippen molar-refractivity contribution in [3.05, 3.63) is 42.5 Å². The van der Waals surface area contributed by atoms with Crippen LogP contribution in [0, 0.1) is 11.7 Å². The molecule has 3 rings (SSSR count). The summed E-state index contributed by atoms with van der Waals surface area (Å²) in [5.74, 6) is -0.0580. The number of benzene rings is 1. The fraction of sp³-hybridized carbons (Fsp3) is 0.450. The van der Waals surface area contributed by atoms with E-state index in [1.54, 1.807) is 6.07 Å². The summed E-state index contributed by atoms with van der Waals surface area (Å²) in [6.07, 6.45) is 1.44. The molecule has 162 valence electrons. The van der Waals surface area contributed by atoms with Crippen molar-refractivity contribution in [2.45, 2.75) is 18.7 Å². The Kier molecular flexibility index (Phi) is 6.86. The van der Waals surface area contributed by atoms with Crippen LogP contribution >= 0.6 is 0 Å². The molecular formula is C20H25FN4O4S. The molecule has 1 aliphatic rings. The number of aromatic nitrogens is 2. The van der Waals surface area contributed by atoms with Crippen molar-refractivity contribution in [1.29, 1.82) is 0 Å². The Morgan fingerprint density at radius 1 is 1.13 bits per heavy atom. The molecule has 1 aromatic carbocycles. The summed E-state index contributed by atoms with van der Waals surface area (Å²) in [7, 11) is -3.82. The van der Waals surface area contributed by atoms with E-state index in [1.165, 1.54) is 23.4 Å². The maximum absolute atomic E-state index is 13.0. The van der Waals surface area contributed by atoms with Crippen molar-refractivity contribution in [2.24, 2.45) is 5.92 Å². The van der Waals surface area contributed by atoms with Crippen LogP contribution in [0.1, 0.15) is 13.8 Å². The van der Waals surface area contributed by atoms with Gasteiger partial charge in [-0.3, -0.25) is 4.79 Å². The summed E-state index contributed by atoms with van der Waals surface area (Å²) in [5.41, 5.74) is 0. The SMILES string of the molecule is CC(C)COc1cc(N2CCN(C(=O)CS(=O)(=O)c3ccc(F)cc3)CC2)ncn1. The van der Waals surface area contributed by atoms with Gasteiger partial charge in [0, 0.05) is 32.2 Å². The van der Waals surface area contributed by atoms with Gasteiger partial charge in [-0.15, -0.1) is 0 Å². The Morgan fingerprint density at radius 3 is 2.43 bits per heavy atom. The topological polar surface area (TPSA) is 92.7 Å². The standard InChI is InChI=1S/C20H25FN4O4S/c1-15(2)12-29-19-11-18(22-14-23-19)24-7-9-25(10-8-24)20(26)13-30(27,28)17-5-3-16(21)4-6-17/h3-6,11,14-15H,7-10,12-13H2,1-2H3. The van der Waals surface area contributed by atoms with Crippen molar-refractivity contribution >= 4 is 21.6 Å². The Hall–Kier alpha value is -2.75. The molecule has 1 aromatic heterocycles. The molecule has 30 heavy (non-hydrogen) atoms. The van der Waals surface area contributed by atoms with Crippen LogP contribution in [0.4, 0.5) is 10.2 Å². The van der Waals surface area contributed by atoms with Gasteiger partial charge in [0.1, 0.15) is 23.7 Å². The Bertz CT molecular complexity index is 975. The number of halogens is 1. The van der Waals surface area contributed by atoms with Gasteiger partial charge in [-0.25, -0.2) is 22.8 Å². The molecule has 0 aliphatic carbocycles. The average molecular weight is 437 g/mol. The first-order valence-electron chi connectivity index (χ1n) is 9.70. The maximum atomic E-state index is 13.0. The second-order valence-electron chi connectivity index (χ2n) is 7.50. The minimum Gasteiger partial charge on any atom is -0.477 e. The van der Waals surface area contributed by atoms with Gasteiger partial charge in [0.15, 0.2) is 9.84 Å². The van der Waals surface area contributed by atoms with Crippen LogP contribution in [0.5, 0.6) is 5.88 Å². The Morgan fingerprint density at radius 2 is 1.80 bits per heavy atom. The van der Waals surface area contributed by atoms with E-state index in [1.807, 2.05) is 4.90 Å². The molecule has 1 saturated heterocycles. The number of anilines is 1. The number of piperazine rings is 1. The van der Waals surface area contributed by atoms with Gasteiger partial charge >= 0.3 is 0 Å². The average Bonchev–Trinajstić information content (AvgIpc) is 2.72. The van der Waals surface area contributed by atoms with Gasteiger partial charge in [0.05, 0.1) is 11.5 Å². The molecule has 1 amide bonds. The molecule has 0 unspecified atom stereocenters. The molecule has 2 aromatic rings. The summed E-state index contributed by atoms with van der Waals surface area (Å²) in [4.78, 5) is 24.3. The van der Waals surface area contributed by atoms with Gasteiger partial charge < -0.3 is 14.5 Å². The number of carbonyl (C=O) groups excluding carboxylic acids is 1. The van der Waals surface area contributed by atoms with E-state index in [2.05, 4.69) is 23.8 Å². The van der Waals surface area contributed by atoms with Crippen molar-refractivity contribution in [3.63, 3.8) is 0 Å². The molecule has 0 radical (unpaired) electrons. The van der Waals surface area contributed by atoms with Gasteiger partial charge in [-0.2, -0.15) is 0 Å². The van der Waals surface area contributed by atoms with Crippen LogP contribution in [0.15, 0.2) is 41.6 Å². The first-order valence-corrected chi connectivity index (χ1v) is 11.4. The van der Waals surface area contributed by atoms with Crippen molar-refractivity contribution in [3.8, 4) is 5.88 Å². The summed E-state index contributed by atoms with van der Waals surface area (Å²) in [6, 6.07) is 6.24. The van der Waals surface area contributed by atoms with Crippen LogP contribution in [-0.2, 0) is 14.6 Å². The summed E-state index contributed by atoms with van der Waals surface area (Å²) in [5, 5.41) is 0. The molecule has 0 spiro atoms. The number of ether oxygens (including phenoxy) is 1. The minimum atomic E-state index is -3.82.